The summed E-state index contributed by atoms with van der Waals surface area (Å²) in [7, 11) is 0. The normalized spacial score (nSPS) is 13.6. The molecule has 0 saturated carbocycles. The maximum Gasteiger partial charge on any atom is 0.135 e. The summed E-state index contributed by atoms with van der Waals surface area (Å²) in [4.78, 5) is 9.91. The summed E-state index contributed by atoms with van der Waals surface area (Å²) in [5.74, 6) is 2.03. The van der Waals surface area contributed by atoms with Gasteiger partial charge >= 0.3 is 0 Å². The molecule has 1 aliphatic rings. The molecule has 0 atom stereocenters. The van der Waals surface area contributed by atoms with Crippen LogP contribution in [0.1, 0.15) is 118 Å². The predicted molar refractivity (Wildman–Crippen MR) is 331 cm³/mol. The van der Waals surface area contributed by atoms with Gasteiger partial charge in [0.05, 0.1) is 0 Å². The van der Waals surface area contributed by atoms with E-state index in [0.29, 0.717) is 11.5 Å². The second-order valence-corrected chi connectivity index (χ2v) is 25.5. The SMILES string of the molecule is CC(C)(C)c1cc(-c2ccccc2)cc(N2[CH-]N(c3[c-]c(Oc4[c-]c5c(c(C(C)(C)C)c4)c4ccccc4n5-c4cc(C(C)(C)C)ccn4)cc(-c4ccccc4)c3)C(C(C)(C)c3ccccc3)=C2C(C)(C)c2ccccc2)c1.[Pt]. The van der Waals surface area contributed by atoms with Gasteiger partial charge in [-0.15, -0.1) is 53.8 Å². The molecule has 3 heterocycles. The van der Waals surface area contributed by atoms with Crippen molar-refractivity contribution in [3.05, 3.63) is 258 Å². The van der Waals surface area contributed by atoms with Crippen molar-refractivity contribution >= 4 is 33.2 Å². The van der Waals surface area contributed by atoms with E-state index in [4.69, 9.17) is 9.72 Å². The first kappa shape index (κ1) is 55.8. The first-order valence-electron chi connectivity index (χ1n) is 27.9. The molecule has 6 heteroatoms. The van der Waals surface area contributed by atoms with Crippen LogP contribution in [0, 0.1) is 18.8 Å². The first-order chi connectivity index (χ1) is 37.6. The Hall–Kier alpha value is -7.46. The average molecular weight is 1230 g/mol. The largest absolute Gasteiger partial charge is 0.509 e. The Morgan fingerprint density at radius 1 is 0.438 bits per heavy atom. The molecule has 8 aromatic carbocycles. The topological polar surface area (TPSA) is 33.5 Å². The van der Waals surface area contributed by atoms with Crippen LogP contribution in [0.5, 0.6) is 11.5 Å². The van der Waals surface area contributed by atoms with E-state index in [2.05, 4.69) is 317 Å². The van der Waals surface area contributed by atoms with Gasteiger partial charge in [-0.1, -0.05) is 247 Å². The number of hydrogen-bond acceptors (Lipinski definition) is 4. The van der Waals surface area contributed by atoms with Crippen LogP contribution in [-0.2, 0) is 48.1 Å². The number of benzene rings is 8. The van der Waals surface area contributed by atoms with Gasteiger partial charge in [0.15, 0.2) is 0 Å². The van der Waals surface area contributed by atoms with E-state index in [9.17, 15) is 0 Å². The summed E-state index contributed by atoms with van der Waals surface area (Å²) in [6, 6.07) is 77.8. The zero-order chi connectivity index (χ0) is 55.6. The van der Waals surface area contributed by atoms with Crippen molar-refractivity contribution in [1.82, 2.24) is 9.55 Å². The van der Waals surface area contributed by atoms with Crippen molar-refractivity contribution < 1.29 is 25.8 Å². The van der Waals surface area contributed by atoms with Crippen LogP contribution in [0.15, 0.2) is 212 Å². The van der Waals surface area contributed by atoms with Gasteiger partial charge in [-0.2, -0.15) is 0 Å². The van der Waals surface area contributed by atoms with E-state index in [0.717, 1.165) is 61.4 Å². The van der Waals surface area contributed by atoms with Gasteiger partial charge in [0.25, 0.3) is 0 Å². The summed E-state index contributed by atoms with van der Waals surface area (Å²) in [5.41, 5.74) is 15.2. The van der Waals surface area contributed by atoms with Crippen molar-refractivity contribution in [3.63, 3.8) is 0 Å². The van der Waals surface area contributed by atoms with Gasteiger partial charge in [0.2, 0.25) is 0 Å². The number of anilines is 2. The van der Waals surface area contributed by atoms with Gasteiger partial charge in [0, 0.05) is 72.2 Å². The van der Waals surface area contributed by atoms with Gasteiger partial charge in [-0.05, 0) is 90.9 Å². The number of rotatable bonds is 11. The average Bonchev–Trinajstić information content (AvgIpc) is 4.17. The van der Waals surface area contributed by atoms with Crippen LogP contribution < -0.4 is 14.5 Å². The second kappa shape index (κ2) is 21.2. The minimum absolute atomic E-state index is 0. The number of fused-ring (bicyclic) bond motifs is 3. The van der Waals surface area contributed by atoms with Gasteiger partial charge in [0.1, 0.15) is 5.82 Å². The Morgan fingerprint density at radius 2 is 0.950 bits per heavy atom. The molecule has 0 fully saturated rings. The maximum absolute atomic E-state index is 7.33. The van der Waals surface area contributed by atoms with E-state index in [1.165, 1.54) is 39.1 Å². The Morgan fingerprint density at radius 3 is 1.51 bits per heavy atom. The number of allylic oxidation sites excluding steroid dienone is 2. The number of pyridine rings is 1. The molecule has 0 bridgehead atoms. The van der Waals surface area contributed by atoms with Gasteiger partial charge in [-0.3, -0.25) is 0 Å². The third kappa shape index (κ3) is 10.6. The molecule has 0 unspecified atom stereocenters. The second-order valence-electron chi connectivity index (χ2n) is 25.5. The number of ether oxygens (including phenoxy) is 1. The van der Waals surface area contributed by atoms with Crippen LogP contribution in [0.25, 0.3) is 49.9 Å². The molecule has 0 aliphatic carbocycles. The minimum atomic E-state index is -0.540. The molecule has 80 heavy (non-hydrogen) atoms. The van der Waals surface area contributed by atoms with Gasteiger partial charge in [-0.25, -0.2) is 4.98 Å². The third-order valence-corrected chi connectivity index (χ3v) is 16.0. The van der Waals surface area contributed by atoms with Crippen molar-refractivity contribution in [3.8, 4) is 39.6 Å². The van der Waals surface area contributed by atoms with E-state index in [1.807, 2.05) is 6.20 Å². The molecule has 408 valence electrons. The van der Waals surface area contributed by atoms with Crippen LogP contribution in [0.2, 0.25) is 0 Å². The minimum Gasteiger partial charge on any atom is -0.509 e. The predicted octanol–water partition coefficient (Wildman–Crippen LogP) is 19.4. The molecule has 0 radical (unpaired) electrons. The molecule has 10 aromatic rings. The van der Waals surface area contributed by atoms with E-state index in [1.54, 1.807) is 0 Å². The number of nitrogens with zero attached hydrogens (tertiary/aromatic N) is 4. The summed E-state index contributed by atoms with van der Waals surface area (Å²) in [5, 5.41) is 2.30. The first-order valence-corrected chi connectivity index (χ1v) is 27.9. The molecule has 0 amide bonds. The molecule has 2 aromatic heterocycles. The maximum atomic E-state index is 7.33. The quantitative estimate of drug-likeness (QED) is 0.121. The molecule has 5 nitrogen and oxygen atoms in total. The molecule has 0 saturated heterocycles. The van der Waals surface area contributed by atoms with Crippen LogP contribution in [-0.4, -0.2) is 9.55 Å². The fourth-order valence-corrected chi connectivity index (χ4v) is 11.5. The Balaban J connectivity index is 0.00000720. The molecular weight excluding hydrogens is 1160 g/mol. The number of para-hydroxylation sites is 1. The van der Waals surface area contributed by atoms with Gasteiger partial charge < -0.3 is 19.1 Å². The molecule has 0 spiro atoms. The zero-order valence-corrected chi connectivity index (χ0v) is 50.9. The van der Waals surface area contributed by atoms with E-state index >= 15 is 0 Å². The van der Waals surface area contributed by atoms with Crippen LogP contribution in [0.4, 0.5) is 11.4 Å². The third-order valence-electron chi connectivity index (χ3n) is 16.0. The standard InChI is InChI=1S/C74H73N4O.Pt/c1-70(2,3)56-38-39-75-66(45-56)78-64-37-27-26-36-62(64)67-63(72(7,8)9)47-61(48-65(67)78)79-60-43-53(51-30-20-15-21-31-51)42-59(46-60)77-49-76(58-41-52(50-28-18-14-19-29-50)40-57(44-58)71(4,5)6)68(73(10,11)54-32-22-16-23-33-54)69(77)74(12,13)55-34-24-17-25-35-55;/h14-45,47,49H,1-13H3;/q-3;. The van der Waals surface area contributed by atoms with Crippen LogP contribution >= 0.6 is 0 Å². The number of aromatic nitrogens is 2. The summed E-state index contributed by atoms with van der Waals surface area (Å²) >= 11 is 0. The Bertz CT molecular complexity index is 3890. The number of hydrogen-bond donors (Lipinski definition) is 0. The molecule has 1 aliphatic heterocycles. The monoisotopic (exact) mass is 1230 g/mol. The molecule has 0 N–H and O–H groups in total. The van der Waals surface area contributed by atoms with Crippen molar-refractivity contribution in [2.75, 3.05) is 9.80 Å². The fraction of sp³-hybridized carbons (Fsp3) is 0.243. The molecular formula is C74H73N4OPt-3. The Labute approximate surface area is 490 Å². The van der Waals surface area contributed by atoms with Crippen molar-refractivity contribution in [1.29, 1.82) is 0 Å². The van der Waals surface area contributed by atoms with Crippen molar-refractivity contribution in [2.45, 2.75) is 117 Å². The van der Waals surface area contributed by atoms with Crippen molar-refractivity contribution in [2.24, 2.45) is 0 Å². The Kier molecular flexibility index (Phi) is 14.8. The van der Waals surface area contributed by atoms with E-state index in [-0.39, 0.29) is 37.3 Å². The zero-order valence-electron chi connectivity index (χ0n) is 48.6. The van der Waals surface area contributed by atoms with E-state index < -0.39 is 10.8 Å². The molecule has 11 rings (SSSR count). The summed E-state index contributed by atoms with van der Waals surface area (Å²) in [6.07, 6.45) is 1.93. The van der Waals surface area contributed by atoms with Crippen LogP contribution in [0.3, 0.4) is 0 Å². The fourth-order valence-electron chi connectivity index (χ4n) is 11.5. The summed E-state index contributed by atoms with van der Waals surface area (Å²) < 4.78 is 9.60. The summed E-state index contributed by atoms with van der Waals surface area (Å²) in [6.45, 7) is 32.3. The smallest absolute Gasteiger partial charge is 0.135 e.